The van der Waals surface area contributed by atoms with Crippen molar-refractivity contribution in [1.82, 2.24) is 19.2 Å². The van der Waals surface area contributed by atoms with E-state index in [0.29, 0.717) is 6.54 Å². The molecule has 0 aromatic carbocycles. The number of carbonyl (C=O) groups is 1. The predicted molar refractivity (Wildman–Crippen MR) is 97.9 cm³/mol. The lowest BCUT2D eigenvalue weighted by molar-refractivity contribution is -0.135. The maximum atomic E-state index is 13.1. The lowest BCUT2D eigenvalue weighted by Gasteiger charge is -2.34. The molecule has 1 aliphatic rings. The molecule has 0 atom stereocenters. The van der Waals surface area contributed by atoms with Crippen LogP contribution in [0.25, 0.3) is 0 Å². The Labute approximate surface area is 153 Å². The number of carbonyl (C=O) groups excluding carboxylic acids is 1. The van der Waals surface area contributed by atoms with Gasteiger partial charge in [0, 0.05) is 37.6 Å². The lowest BCUT2D eigenvalue weighted by atomic mass is 9.94. The molecule has 2 heterocycles. The average Bonchev–Trinajstić information content (AvgIpc) is 3.07. The highest BCUT2D eigenvalue weighted by molar-refractivity contribution is 5.76. The van der Waals surface area contributed by atoms with Crippen molar-refractivity contribution < 1.29 is 9.53 Å². The Morgan fingerprint density at radius 1 is 1.35 bits per heavy atom. The Bertz CT molecular complexity index is 805. The molecule has 0 saturated heterocycles. The number of pyridine rings is 1. The quantitative estimate of drug-likeness (QED) is 0.791. The molecular weight excluding hydrogens is 332 g/mol. The van der Waals surface area contributed by atoms with Crippen LogP contribution in [-0.2, 0) is 24.9 Å². The van der Waals surface area contributed by atoms with E-state index in [1.165, 1.54) is 18.1 Å². The van der Waals surface area contributed by atoms with Crippen molar-refractivity contribution >= 4 is 5.91 Å². The van der Waals surface area contributed by atoms with Gasteiger partial charge in [0.2, 0.25) is 5.91 Å². The maximum Gasteiger partial charge on any atom is 0.293 e. The van der Waals surface area contributed by atoms with E-state index in [1.807, 2.05) is 18.1 Å². The van der Waals surface area contributed by atoms with E-state index in [4.69, 9.17) is 4.74 Å². The highest BCUT2D eigenvalue weighted by atomic mass is 16.5. The molecule has 1 saturated carbocycles. The van der Waals surface area contributed by atoms with E-state index in [1.54, 1.807) is 29.2 Å². The fourth-order valence-electron chi connectivity index (χ4n) is 3.60. The summed E-state index contributed by atoms with van der Waals surface area (Å²) in [5, 5.41) is 4.20. The third-order valence-corrected chi connectivity index (χ3v) is 4.96. The van der Waals surface area contributed by atoms with Crippen LogP contribution in [0.15, 0.2) is 35.5 Å². The molecule has 1 amide bonds. The zero-order valence-electron chi connectivity index (χ0n) is 15.4. The van der Waals surface area contributed by atoms with Crippen molar-refractivity contribution in [2.24, 2.45) is 7.05 Å². The smallest absolute Gasteiger partial charge is 0.293 e. The van der Waals surface area contributed by atoms with Gasteiger partial charge in [0.15, 0.2) is 5.75 Å². The minimum atomic E-state index is -0.284. The summed E-state index contributed by atoms with van der Waals surface area (Å²) in [6, 6.07) is 3.55. The Balaban J connectivity index is 1.81. The highest BCUT2D eigenvalue weighted by Crippen LogP contribution is 2.24. The van der Waals surface area contributed by atoms with Crippen LogP contribution in [0, 0.1) is 0 Å². The van der Waals surface area contributed by atoms with Gasteiger partial charge in [-0.05, 0) is 25.0 Å². The first-order valence-corrected chi connectivity index (χ1v) is 9.09. The molecule has 2 aromatic heterocycles. The van der Waals surface area contributed by atoms with Crippen LogP contribution < -0.4 is 10.3 Å². The minimum absolute atomic E-state index is 0.0206. The average molecular weight is 358 g/mol. The van der Waals surface area contributed by atoms with Gasteiger partial charge in [0.05, 0.1) is 13.3 Å². The number of hydrogen-bond acceptors (Lipinski definition) is 4. The molecule has 0 unspecified atom stereocenters. The summed E-state index contributed by atoms with van der Waals surface area (Å²) in [5.74, 6) is 0.202. The van der Waals surface area contributed by atoms with Crippen LogP contribution >= 0.6 is 0 Å². The summed E-state index contributed by atoms with van der Waals surface area (Å²) < 4.78 is 8.23. The molecule has 0 aliphatic heterocycles. The third kappa shape index (κ3) is 4.15. The molecule has 7 heteroatoms. The van der Waals surface area contributed by atoms with Crippen molar-refractivity contribution in [3.63, 3.8) is 0 Å². The van der Waals surface area contributed by atoms with Crippen molar-refractivity contribution in [3.05, 3.63) is 46.6 Å². The van der Waals surface area contributed by atoms with E-state index in [0.717, 1.165) is 31.2 Å². The van der Waals surface area contributed by atoms with Crippen molar-refractivity contribution in [2.45, 2.75) is 51.2 Å². The molecule has 1 aliphatic carbocycles. The third-order valence-electron chi connectivity index (χ3n) is 4.96. The lowest BCUT2D eigenvalue weighted by Crippen LogP contribution is -2.43. The summed E-state index contributed by atoms with van der Waals surface area (Å²) in [7, 11) is 3.33. The van der Waals surface area contributed by atoms with Gasteiger partial charge < -0.3 is 14.2 Å². The highest BCUT2D eigenvalue weighted by Gasteiger charge is 2.26. The number of amides is 1. The SMILES string of the molecule is COc1cccn(CC(=O)N(Cc2cnn(C)c2)C2CCCCC2)c1=O. The van der Waals surface area contributed by atoms with E-state index in [2.05, 4.69) is 5.10 Å². The second-order valence-electron chi connectivity index (χ2n) is 6.85. The molecular formula is C19H26N4O3. The molecule has 7 nitrogen and oxygen atoms in total. The fourth-order valence-corrected chi connectivity index (χ4v) is 3.60. The molecule has 1 fully saturated rings. The van der Waals surface area contributed by atoms with E-state index < -0.39 is 0 Å². The molecule has 26 heavy (non-hydrogen) atoms. The molecule has 0 N–H and O–H groups in total. The first-order valence-electron chi connectivity index (χ1n) is 9.09. The number of hydrogen-bond donors (Lipinski definition) is 0. The van der Waals surface area contributed by atoms with Gasteiger partial charge >= 0.3 is 0 Å². The van der Waals surface area contributed by atoms with Gasteiger partial charge in [-0.1, -0.05) is 19.3 Å². The molecule has 140 valence electrons. The van der Waals surface area contributed by atoms with E-state index >= 15 is 0 Å². The zero-order chi connectivity index (χ0) is 18.5. The first kappa shape index (κ1) is 18.2. The van der Waals surface area contributed by atoms with Crippen LogP contribution in [0.1, 0.15) is 37.7 Å². The molecule has 2 aromatic rings. The number of rotatable bonds is 6. The standard InChI is InChI=1S/C19H26N4O3/c1-21-12-15(11-20-21)13-23(16-7-4-3-5-8-16)18(24)14-22-10-6-9-17(26-2)19(22)25/h6,9-12,16H,3-5,7-8,13-14H2,1-2H3. The predicted octanol–water partition coefficient (Wildman–Crippen LogP) is 1.95. The van der Waals surface area contributed by atoms with Crippen molar-refractivity contribution in [2.75, 3.05) is 7.11 Å². The van der Waals surface area contributed by atoms with Gasteiger partial charge in [-0.25, -0.2) is 0 Å². The van der Waals surface area contributed by atoms with Gasteiger partial charge in [0.25, 0.3) is 5.56 Å². The van der Waals surface area contributed by atoms with E-state index in [9.17, 15) is 9.59 Å². The fraction of sp³-hybridized carbons (Fsp3) is 0.526. The van der Waals surface area contributed by atoms with Crippen molar-refractivity contribution in [1.29, 1.82) is 0 Å². The second-order valence-corrected chi connectivity index (χ2v) is 6.85. The van der Waals surface area contributed by atoms with Gasteiger partial charge in [-0.15, -0.1) is 0 Å². The topological polar surface area (TPSA) is 69.4 Å². The monoisotopic (exact) mass is 358 g/mol. The minimum Gasteiger partial charge on any atom is -0.491 e. The van der Waals surface area contributed by atoms with Crippen LogP contribution in [0.3, 0.4) is 0 Å². The van der Waals surface area contributed by atoms with Gasteiger partial charge in [0.1, 0.15) is 6.54 Å². The zero-order valence-corrected chi connectivity index (χ0v) is 15.4. The number of ether oxygens (including phenoxy) is 1. The largest absolute Gasteiger partial charge is 0.491 e. The molecule has 0 bridgehead atoms. The molecule has 3 rings (SSSR count). The number of aryl methyl sites for hydroxylation is 1. The van der Waals surface area contributed by atoms with Crippen LogP contribution in [0.4, 0.5) is 0 Å². The summed E-state index contributed by atoms with van der Waals surface area (Å²) >= 11 is 0. The molecule has 0 radical (unpaired) electrons. The maximum absolute atomic E-state index is 13.1. The van der Waals surface area contributed by atoms with Gasteiger partial charge in [-0.2, -0.15) is 5.10 Å². The van der Waals surface area contributed by atoms with Gasteiger partial charge in [-0.3, -0.25) is 14.3 Å². The van der Waals surface area contributed by atoms with Crippen LogP contribution in [0.5, 0.6) is 5.75 Å². The van der Waals surface area contributed by atoms with Crippen LogP contribution in [0.2, 0.25) is 0 Å². The Morgan fingerprint density at radius 2 is 2.12 bits per heavy atom. The number of nitrogens with zero attached hydrogens (tertiary/aromatic N) is 4. The first-order chi connectivity index (χ1) is 12.6. The summed E-state index contributed by atoms with van der Waals surface area (Å²) in [6.45, 7) is 0.544. The second kappa shape index (κ2) is 8.21. The summed E-state index contributed by atoms with van der Waals surface area (Å²) in [6.07, 6.45) is 10.9. The summed E-state index contributed by atoms with van der Waals surface area (Å²) in [5.41, 5.74) is 0.720. The molecule has 0 spiro atoms. The van der Waals surface area contributed by atoms with Crippen molar-refractivity contribution in [3.8, 4) is 5.75 Å². The number of aromatic nitrogens is 3. The van der Waals surface area contributed by atoms with E-state index in [-0.39, 0.29) is 29.8 Å². The Hall–Kier alpha value is -2.57. The normalized spacial score (nSPS) is 15.0. The number of methoxy groups -OCH3 is 1. The summed E-state index contributed by atoms with van der Waals surface area (Å²) in [4.78, 5) is 27.3. The van der Waals surface area contributed by atoms with Crippen LogP contribution in [-0.4, -0.2) is 38.3 Å². The Morgan fingerprint density at radius 3 is 2.77 bits per heavy atom. The Kier molecular flexibility index (Phi) is 5.75.